The van der Waals surface area contributed by atoms with Gasteiger partial charge < -0.3 is 23.7 Å². The van der Waals surface area contributed by atoms with E-state index < -0.39 is 30.3 Å². The summed E-state index contributed by atoms with van der Waals surface area (Å²) in [6.45, 7) is 2.13. The molecule has 2 heterocycles. The van der Waals surface area contributed by atoms with Gasteiger partial charge in [-0.15, -0.1) is 0 Å². The van der Waals surface area contributed by atoms with Crippen molar-refractivity contribution in [1.82, 2.24) is 4.57 Å². The van der Waals surface area contributed by atoms with Gasteiger partial charge >= 0.3 is 12.6 Å². The summed E-state index contributed by atoms with van der Waals surface area (Å²) in [5, 5.41) is 0. The number of alkyl halides is 2. The van der Waals surface area contributed by atoms with Crippen LogP contribution in [0, 0.1) is 0 Å². The Balaban J connectivity index is 1.95. The molecule has 0 spiro atoms. The molecule has 1 aromatic heterocycles. The van der Waals surface area contributed by atoms with Gasteiger partial charge in [0.1, 0.15) is 17.5 Å². The van der Waals surface area contributed by atoms with Crippen LogP contribution in [0.2, 0.25) is 0 Å². The quantitative estimate of drug-likeness (QED) is 0.359. The van der Waals surface area contributed by atoms with Crippen LogP contribution in [0.25, 0.3) is 6.08 Å². The molecule has 0 radical (unpaired) electrons. The van der Waals surface area contributed by atoms with Gasteiger partial charge in [-0.05, 0) is 62.7 Å². The minimum absolute atomic E-state index is 0.0791. The van der Waals surface area contributed by atoms with E-state index in [9.17, 15) is 18.4 Å². The summed E-state index contributed by atoms with van der Waals surface area (Å²) < 4.78 is 53.4. The van der Waals surface area contributed by atoms with Gasteiger partial charge in [-0.1, -0.05) is 17.4 Å². The third kappa shape index (κ3) is 5.71. The number of carbonyl (C=O) groups excluding carboxylic acids is 1. The molecule has 3 aromatic rings. The number of benzene rings is 2. The van der Waals surface area contributed by atoms with Crippen molar-refractivity contribution in [1.29, 1.82) is 0 Å². The third-order valence-corrected chi connectivity index (χ3v) is 7.00. The van der Waals surface area contributed by atoms with Gasteiger partial charge in [0.15, 0.2) is 16.3 Å². The second-order valence-corrected chi connectivity index (χ2v) is 9.94. The molecule has 212 valence electrons. The topological polar surface area (TPSA) is 97.6 Å². The Morgan fingerprint density at radius 2 is 1.73 bits per heavy atom. The fraction of sp³-hybridized carbons (Fsp3) is 0.321. The highest BCUT2D eigenvalue weighted by Crippen LogP contribution is 2.38. The van der Waals surface area contributed by atoms with Crippen LogP contribution in [0.5, 0.6) is 23.0 Å². The predicted molar refractivity (Wildman–Crippen MR) is 144 cm³/mol. The molecular weight excluding hydrogens is 546 g/mol. The number of methoxy groups -OCH3 is 3. The third-order valence-electron chi connectivity index (χ3n) is 6.02. The Kier molecular flexibility index (Phi) is 8.58. The Labute approximate surface area is 232 Å². The summed E-state index contributed by atoms with van der Waals surface area (Å²) in [5.41, 5.74) is 1.18. The molecule has 0 amide bonds. The van der Waals surface area contributed by atoms with E-state index in [1.54, 1.807) is 45.0 Å². The van der Waals surface area contributed by atoms with Gasteiger partial charge in [0.25, 0.3) is 5.56 Å². The maximum absolute atomic E-state index is 13.9. The Morgan fingerprint density at radius 1 is 1.02 bits per heavy atom. The Bertz CT molecular complexity index is 1640. The lowest BCUT2D eigenvalue weighted by atomic mass is 9.94. The minimum Gasteiger partial charge on any atom is -0.497 e. The van der Waals surface area contributed by atoms with Crippen molar-refractivity contribution in [3.8, 4) is 23.0 Å². The number of ether oxygens (including phenoxy) is 5. The van der Waals surface area contributed by atoms with Crippen molar-refractivity contribution < 1.29 is 37.3 Å². The number of fused-ring (bicyclic) bond motifs is 1. The normalized spacial score (nSPS) is 15.2. The van der Waals surface area contributed by atoms with Crippen molar-refractivity contribution in [2.45, 2.75) is 39.5 Å². The standard InChI is InChI=1S/C28H28F2N2O7S/c1-14(2)38-26(34)23-15(3)31-28-32(24(23)18-13-17(35-4)8-10-19(18)36-5)25(33)22(40-28)12-16-7-9-20(39-27(29)30)21(11-16)37-6/h7-14,24,27H,1-6H3/b22-12-/t24-/m1/s1. The Morgan fingerprint density at radius 3 is 2.35 bits per heavy atom. The first-order valence-corrected chi connectivity index (χ1v) is 13.0. The van der Waals surface area contributed by atoms with Gasteiger partial charge in [0.2, 0.25) is 0 Å². The number of allylic oxidation sites excluding steroid dienone is 1. The molecule has 1 aliphatic rings. The zero-order chi connectivity index (χ0) is 29.1. The molecule has 12 heteroatoms. The van der Waals surface area contributed by atoms with Crippen LogP contribution in [0.15, 0.2) is 57.5 Å². The number of rotatable bonds is 9. The van der Waals surface area contributed by atoms with E-state index in [0.717, 1.165) is 11.3 Å². The van der Waals surface area contributed by atoms with E-state index in [4.69, 9.17) is 18.9 Å². The summed E-state index contributed by atoms with van der Waals surface area (Å²) in [5.74, 6) is 0.270. The first kappa shape index (κ1) is 28.8. The number of thiazole rings is 1. The molecule has 4 rings (SSSR count). The summed E-state index contributed by atoms with van der Waals surface area (Å²) in [4.78, 5) is 32.2. The van der Waals surface area contributed by atoms with Crippen LogP contribution < -0.4 is 33.8 Å². The van der Waals surface area contributed by atoms with Crippen molar-refractivity contribution in [3.63, 3.8) is 0 Å². The molecule has 0 unspecified atom stereocenters. The molecule has 1 atom stereocenters. The zero-order valence-corrected chi connectivity index (χ0v) is 23.5. The van der Waals surface area contributed by atoms with E-state index >= 15 is 0 Å². The van der Waals surface area contributed by atoms with Crippen molar-refractivity contribution in [2.75, 3.05) is 21.3 Å². The van der Waals surface area contributed by atoms with Crippen LogP contribution in [0.1, 0.15) is 37.9 Å². The lowest BCUT2D eigenvalue weighted by Crippen LogP contribution is -2.40. The number of aromatic nitrogens is 1. The molecule has 0 saturated heterocycles. The number of esters is 1. The molecule has 1 aliphatic heterocycles. The zero-order valence-electron chi connectivity index (χ0n) is 22.7. The predicted octanol–water partition coefficient (Wildman–Crippen LogP) is 3.81. The number of hydrogen-bond donors (Lipinski definition) is 0. The van der Waals surface area contributed by atoms with E-state index in [1.165, 1.54) is 44.1 Å². The molecule has 9 nitrogen and oxygen atoms in total. The monoisotopic (exact) mass is 574 g/mol. The number of nitrogens with zero attached hydrogens (tertiary/aromatic N) is 2. The molecule has 0 N–H and O–H groups in total. The van der Waals surface area contributed by atoms with Crippen LogP contribution in [0.3, 0.4) is 0 Å². The molecule has 0 aliphatic carbocycles. The van der Waals surface area contributed by atoms with E-state index in [2.05, 4.69) is 9.73 Å². The van der Waals surface area contributed by atoms with E-state index in [-0.39, 0.29) is 17.1 Å². The van der Waals surface area contributed by atoms with Gasteiger partial charge in [0, 0.05) is 5.56 Å². The first-order valence-electron chi connectivity index (χ1n) is 12.2. The average molecular weight is 575 g/mol. The van der Waals surface area contributed by atoms with Crippen molar-refractivity contribution >= 4 is 23.4 Å². The summed E-state index contributed by atoms with van der Waals surface area (Å²) >= 11 is 1.12. The van der Waals surface area contributed by atoms with Crippen LogP contribution in [0.4, 0.5) is 8.78 Å². The maximum atomic E-state index is 13.9. The summed E-state index contributed by atoms with van der Waals surface area (Å²) in [6.07, 6.45) is 1.18. The number of hydrogen-bond acceptors (Lipinski definition) is 9. The highest BCUT2D eigenvalue weighted by Gasteiger charge is 2.35. The Hall–Kier alpha value is -4.19. The lowest BCUT2D eigenvalue weighted by molar-refractivity contribution is -0.143. The molecule has 0 fully saturated rings. The van der Waals surface area contributed by atoms with Crippen LogP contribution >= 0.6 is 11.3 Å². The molecule has 0 bridgehead atoms. The van der Waals surface area contributed by atoms with E-state index in [0.29, 0.717) is 37.7 Å². The highest BCUT2D eigenvalue weighted by molar-refractivity contribution is 7.07. The van der Waals surface area contributed by atoms with Crippen LogP contribution in [-0.2, 0) is 9.53 Å². The van der Waals surface area contributed by atoms with Crippen molar-refractivity contribution in [3.05, 3.63) is 78.5 Å². The molecular formula is C28H28F2N2O7S. The van der Waals surface area contributed by atoms with Gasteiger partial charge in [-0.2, -0.15) is 8.78 Å². The molecule has 2 aromatic carbocycles. The fourth-order valence-electron chi connectivity index (χ4n) is 4.33. The van der Waals surface area contributed by atoms with Crippen molar-refractivity contribution in [2.24, 2.45) is 4.99 Å². The smallest absolute Gasteiger partial charge is 0.387 e. The maximum Gasteiger partial charge on any atom is 0.387 e. The summed E-state index contributed by atoms with van der Waals surface area (Å²) in [7, 11) is 4.33. The molecule has 0 saturated carbocycles. The lowest BCUT2D eigenvalue weighted by Gasteiger charge is -2.26. The SMILES string of the molecule is COc1ccc(OC)c([C@@H]2C(C(=O)OC(C)C)=C(C)N=c3s/c(=C\c4ccc(OC(F)F)c(OC)c4)c(=O)n32)c1. The number of carbonyl (C=O) groups is 1. The van der Waals surface area contributed by atoms with E-state index in [1.807, 2.05) is 0 Å². The number of halogens is 2. The van der Waals surface area contributed by atoms with Crippen LogP contribution in [-0.4, -0.2) is 44.6 Å². The molecule has 40 heavy (non-hydrogen) atoms. The fourth-order valence-corrected chi connectivity index (χ4v) is 5.37. The largest absolute Gasteiger partial charge is 0.497 e. The second-order valence-electron chi connectivity index (χ2n) is 8.93. The summed E-state index contributed by atoms with van der Waals surface area (Å²) in [6, 6.07) is 8.53. The average Bonchev–Trinajstić information content (AvgIpc) is 3.21. The van der Waals surface area contributed by atoms with Gasteiger partial charge in [0.05, 0.1) is 43.2 Å². The van der Waals surface area contributed by atoms with Gasteiger partial charge in [-0.3, -0.25) is 9.36 Å². The first-order chi connectivity index (χ1) is 19.1. The highest BCUT2D eigenvalue weighted by atomic mass is 32.1. The second kappa shape index (κ2) is 11.9. The minimum atomic E-state index is -3.02. The van der Waals surface area contributed by atoms with Gasteiger partial charge in [-0.25, -0.2) is 9.79 Å².